The Kier molecular flexibility index (Phi) is 18.8. The Hall–Kier alpha value is -6.43. The summed E-state index contributed by atoms with van der Waals surface area (Å²) >= 11 is 30.9. The molecule has 0 aromatic heterocycles. The first-order valence-corrected chi connectivity index (χ1v) is 22.3. The molecule has 0 spiro atoms. The van der Waals surface area contributed by atoms with E-state index in [9.17, 15) is 28.8 Å². The van der Waals surface area contributed by atoms with E-state index >= 15 is 0 Å². The number of nitrogens with zero attached hydrogens (tertiary/aromatic N) is 4. The first kappa shape index (κ1) is 51.6. The summed E-state index contributed by atoms with van der Waals surface area (Å²) in [5, 5.41) is 27.2. The molecule has 0 bridgehead atoms. The number of azo groups is 2. The molecule has 21 heteroatoms. The number of methoxy groups -OCH3 is 2. The van der Waals surface area contributed by atoms with Crippen molar-refractivity contribution in [2.45, 2.75) is 44.1 Å². The topological polar surface area (TPSA) is 218 Å². The van der Waals surface area contributed by atoms with Crippen LogP contribution in [0.5, 0.6) is 11.5 Å². The van der Waals surface area contributed by atoms with Gasteiger partial charge in [-0.25, -0.2) is 0 Å². The van der Waals surface area contributed by atoms with Crippen molar-refractivity contribution in [1.82, 2.24) is 0 Å². The van der Waals surface area contributed by atoms with Gasteiger partial charge >= 0.3 is 0 Å². The highest BCUT2D eigenvalue weighted by Gasteiger charge is 2.26. The van der Waals surface area contributed by atoms with Gasteiger partial charge in [-0.05, 0) is 105 Å². The van der Waals surface area contributed by atoms with Gasteiger partial charge in [-0.3, -0.25) is 28.8 Å². The fourth-order valence-electron chi connectivity index (χ4n) is 6.34. The molecule has 0 aliphatic carbocycles. The standard InChI is InChI=1S/C46H41Cl5N8O8/c1-24(60)41(58-56-32-18-27(15-29(50)20-32)43(62)54-37-7-5-9-39(66-3)34(37)22-48)45(64)52-31-11-12-36(26(17-31)13-14-47)53-46(65)42(25(2)61)59-57-33-19-28(16-30(51)21-33)44(63)55-38-8-6-10-40(67-4)35(38)23-49/h5-12,15-21,41-42H,13-14,22-23H2,1-4H3,(H,52,64)(H,53,65)(H,54,62)(H,55,63). The van der Waals surface area contributed by atoms with Gasteiger partial charge in [0.25, 0.3) is 23.6 Å². The number of carbonyl (C=O) groups excluding carboxylic acids is 6. The molecule has 0 saturated carbocycles. The molecule has 348 valence electrons. The molecule has 2 atom stereocenters. The maximum Gasteiger partial charge on any atom is 0.258 e. The number of aryl methyl sites for hydroxylation is 1. The van der Waals surface area contributed by atoms with Crippen LogP contribution in [-0.2, 0) is 37.4 Å². The van der Waals surface area contributed by atoms with Crippen molar-refractivity contribution in [3.05, 3.63) is 129 Å². The van der Waals surface area contributed by atoms with Gasteiger partial charge < -0.3 is 30.7 Å². The van der Waals surface area contributed by atoms with Crippen LogP contribution in [0.15, 0.2) is 111 Å². The second kappa shape index (κ2) is 24.4. The Labute approximate surface area is 409 Å². The summed E-state index contributed by atoms with van der Waals surface area (Å²) < 4.78 is 10.7. The summed E-state index contributed by atoms with van der Waals surface area (Å²) in [6.07, 6.45) is 0.203. The van der Waals surface area contributed by atoms with E-state index in [0.717, 1.165) is 13.8 Å². The van der Waals surface area contributed by atoms with Gasteiger partial charge in [0, 0.05) is 60.9 Å². The van der Waals surface area contributed by atoms with Crippen molar-refractivity contribution < 1.29 is 38.2 Å². The third-order valence-electron chi connectivity index (χ3n) is 9.60. The molecule has 16 nitrogen and oxygen atoms in total. The van der Waals surface area contributed by atoms with Crippen LogP contribution in [0.2, 0.25) is 10.0 Å². The van der Waals surface area contributed by atoms with Gasteiger partial charge in [0.1, 0.15) is 11.5 Å². The Morgan fingerprint density at radius 2 is 1.03 bits per heavy atom. The maximum atomic E-state index is 13.5. The minimum absolute atomic E-state index is 0.0656. The third kappa shape index (κ3) is 13.8. The zero-order valence-electron chi connectivity index (χ0n) is 36.1. The fourth-order valence-corrected chi connectivity index (χ4v) is 7.55. The van der Waals surface area contributed by atoms with Crippen molar-refractivity contribution >= 4 is 127 Å². The first-order valence-electron chi connectivity index (χ1n) is 19.9. The Balaban J connectivity index is 1.28. The molecular weight excluding hydrogens is 970 g/mol. The molecule has 0 fully saturated rings. The van der Waals surface area contributed by atoms with E-state index in [1.165, 1.54) is 68.8 Å². The summed E-state index contributed by atoms with van der Waals surface area (Å²) in [5.41, 5.74) is 3.27. The van der Waals surface area contributed by atoms with E-state index in [-0.39, 0.29) is 68.0 Å². The van der Waals surface area contributed by atoms with Crippen molar-refractivity contribution in [1.29, 1.82) is 0 Å². The number of alkyl halides is 3. The van der Waals surface area contributed by atoms with E-state index in [1.54, 1.807) is 36.4 Å². The average Bonchev–Trinajstić information content (AvgIpc) is 3.29. The fraction of sp³-hybridized carbons (Fsp3) is 0.217. The molecule has 0 heterocycles. The minimum atomic E-state index is -1.62. The number of halogens is 5. The molecular formula is C46H41Cl5N8O8. The molecule has 67 heavy (non-hydrogen) atoms. The lowest BCUT2D eigenvalue weighted by atomic mass is 10.1. The molecule has 2 unspecified atom stereocenters. The van der Waals surface area contributed by atoms with Crippen LogP contribution in [0, 0.1) is 0 Å². The number of ketones is 2. The third-order valence-corrected chi connectivity index (χ3v) is 10.8. The maximum absolute atomic E-state index is 13.5. The van der Waals surface area contributed by atoms with Gasteiger partial charge in [-0.2, -0.15) is 20.5 Å². The number of nitrogens with one attached hydrogen (secondary N) is 4. The molecule has 5 aromatic carbocycles. The molecule has 5 rings (SSSR count). The van der Waals surface area contributed by atoms with Crippen LogP contribution in [0.3, 0.4) is 0 Å². The molecule has 4 amide bonds. The zero-order valence-corrected chi connectivity index (χ0v) is 39.9. The highest BCUT2D eigenvalue weighted by molar-refractivity contribution is 6.32. The summed E-state index contributed by atoms with van der Waals surface area (Å²) in [6, 6.07) is 19.7. The number of hydrogen-bond acceptors (Lipinski definition) is 12. The molecule has 0 aliphatic rings. The Morgan fingerprint density at radius 3 is 1.45 bits per heavy atom. The van der Waals surface area contributed by atoms with E-state index in [4.69, 9.17) is 67.5 Å². The monoisotopic (exact) mass is 1010 g/mol. The van der Waals surface area contributed by atoms with Crippen LogP contribution in [0.4, 0.5) is 34.1 Å². The van der Waals surface area contributed by atoms with Crippen LogP contribution in [0.25, 0.3) is 0 Å². The number of amides is 4. The summed E-state index contributed by atoms with van der Waals surface area (Å²) in [4.78, 5) is 78.8. The van der Waals surface area contributed by atoms with Crippen molar-refractivity contribution in [2.75, 3.05) is 41.4 Å². The first-order chi connectivity index (χ1) is 32.1. The van der Waals surface area contributed by atoms with Crippen LogP contribution < -0.4 is 30.7 Å². The van der Waals surface area contributed by atoms with Gasteiger partial charge in [-0.1, -0.05) is 35.3 Å². The summed E-state index contributed by atoms with van der Waals surface area (Å²) in [6.45, 7) is 2.32. The highest BCUT2D eigenvalue weighted by atomic mass is 35.5. The SMILES string of the molecule is COc1cccc(NC(=O)c2cc(Cl)cc(N=NC(C(C)=O)C(=O)Nc3ccc(NC(=O)C(N=Nc4cc(Cl)cc(C(=O)Nc5cccc(OC)c5CCl)c4)C(C)=O)c(CCCl)c3)c2)c1CCl. The number of benzene rings is 5. The molecule has 4 N–H and O–H groups in total. The predicted molar refractivity (Wildman–Crippen MR) is 260 cm³/mol. The largest absolute Gasteiger partial charge is 0.496 e. The van der Waals surface area contributed by atoms with Crippen molar-refractivity contribution in [3.63, 3.8) is 0 Å². The highest BCUT2D eigenvalue weighted by Crippen LogP contribution is 2.32. The van der Waals surface area contributed by atoms with Gasteiger partial charge in [-0.15, -0.1) is 34.8 Å². The summed E-state index contributed by atoms with van der Waals surface area (Å²) in [7, 11) is 2.97. The van der Waals surface area contributed by atoms with E-state index in [2.05, 4.69) is 41.7 Å². The number of rotatable bonds is 20. The van der Waals surface area contributed by atoms with Gasteiger partial charge in [0.05, 0.1) is 37.4 Å². The van der Waals surface area contributed by atoms with Gasteiger partial charge in [0.2, 0.25) is 12.1 Å². The molecule has 0 saturated heterocycles. The quantitative estimate of drug-likeness (QED) is 0.0333. The van der Waals surface area contributed by atoms with Crippen LogP contribution in [0.1, 0.15) is 51.3 Å². The van der Waals surface area contributed by atoms with Crippen LogP contribution in [-0.4, -0.2) is 67.4 Å². The second-order valence-electron chi connectivity index (χ2n) is 14.3. The van der Waals surface area contributed by atoms with Gasteiger partial charge in [0.15, 0.2) is 11.6 Å². The van der Waals surface area contributed by atoms with Crippen molar-refractivity contribution in [2.24, 2.45) is 20.5 Å². The minimum Gasteiger partial charge on any atom is -0.496 e. The second-order valence-corrected chi connectivity index (χ2v) is 16.1. The number of carbonyl (C=O) groups is 6. The number of ether oxygens (including phenoxy) is 2. The molecule has 5 aromatic rings. The lowest BCUT2D eigenvalue weighted by Crippen LogP contribution is -2.32. The lowest BCUT2D eigenvalue weighted by molar-refractivity contribution is -0.127. The van der Waals surface area contributed by atoms with E-state index in [1.807, 2.05) is 0 Å². The van der Waals surface area contributed by atoms with Crippen LogP contribution >= 0.6 is 58.0 Å². The van der Waals surface area contributed by atoms with Crippen molar-refractivity contribution in [3.8, 4) is 11.5 Å². The Morgan fingerprint density at radius 1 is 0.567 bits per heavy atom. The average molecular weight is 1010 g/mol. The normalized spacial score (nSPS) is 12.0. The number of anilines is 4. The predicted octanol–water partition coefficient (Wildman–Crippen LogP) is 11.1. The number of Topliss-reactive ketones (excluding diaryl/α,β-unsaturated/α-hetero) is 2. The Bertz CT molecular complexity index is 2770. The van der Waals surface area contributed by atoms with E-state index in [0.29, 0.717) is 39.6 Å². The zero-order chi connectivity index (χ0) is 48.8. The summed E-state index contributed by atoms with van der Waals surface area (Å²) in [5.74, 6) is -2.85. The smallest absolute Gasteiger partial charge is 0.258 e. The number of hydrogen-bond donors (Lipinski definition) is 4. The molecule has 0 radical (unpaired) electrons. The lowest BCUT2D eigenvalue weighted by Gasteiger charge is -2.15. The molecule has 0 aliphatic heterocycles. The van der Waals surface area contributed by atoms with E-state index < -0.39 is 47.3 Å².